The maximum atomic E-state index is 12.7. The van der Waals surface area contributed by atoms with Crippen molar-refractivity contribution < 1.29 is 14.4 Å². The third kappa shape index (κ3) is 3.59. The maximum Gasteiger partial charge on any atom is 0.325 e. The van der Waals surface area contributed by atoms with Crippen molar-refractivity contribution in [1.29, 1.82) is 0 Å². The number of nitrogens with one attached hydrogen (secondary N) is 2. The van der Waals surface area contributed by atoms with Crippen LogP contribution in [0.2, 0.25) is 0 Å². The molecule has 0 aromatic heterocycles. The van der Waals surface area contributed by atoms with Crippen molar-refractivity contribution in [3.8, 4) is 0 Å². The number of imide groups is 1. The van der Waals surface area contributed by atoms with Crippen molar-refractivity contribution in [3.63, 3.8) is 0 Å². The predicted octanol–water partition coefficient (Wildman–Crippen LogP) is 1.94. The van der Waals surface area contributed by atoms with Crippen LogP contribution >= 0.6 is 0 Å². The van der Waals surface area contributed by atoms with Gasteiger partial charge in [0.25, 0.3) is 5.91 Å². The SMILES string of the molecule is CCC[C@H](C)NC(=O)CN1C(=O)NC2(CCCCCC2)C1=O. The molecule has 1 saturated carbocycles. The second kappa shape index (κ2) is 7.11. The van der Waals surface area contributed by atoms with Crippen molar-refractivity contribution in [3.05, 3.63) is 0 Å². The van der Waals surface area contributed by atoms with Crippen LogP contribution in [-0.2, 0) is 9.59 Å². The molecule has 1 heterocycles. The molecule has 4 amide bonds. The van der Waals surface area contributed by atoms with Gasteiger partial charge in [-0.2, -0.15) is 0 Å². The van der Waals surface area contributed by atoms with E-state index in [1.807, 2.05) is 6.92 Å². The summed E-state index contributed by atoms with van der Waals surface area (Å²) >= 11 is 0. The Morgan fingerprint density at radius 1 is 1.27 bits per heavy atom. The molecule has 2 N–H and O–H groups in total. The molecule has 0 radical (unpaired) electrons. The summed E-state index contributed by atoms with van der Waals surface area (Å²) in [5, 5.41) is 5.69. The number of hydrogen-bond acceptors (Lipinski definition) is 3. The van der Waals surface area contributed by atoms with Crippen LogP contribution in [0.3, 0.4) is 0 Å². The van der Waals surface area contributed by atoms with Gasteiger partial charge in [-0.25, -0.2) is 4.79 Å². The number of nitrogens with zero attached hydrogens (tertiary/aromatic N) is 1. The van der Waals surface area contributed by atoms with Crippen LogP contribution in [0.15, 0.2) is 0 Å². The van der Waals surface area contributed by atoms with Gasteiger partial charge < -0.3 is 10.6 Å². The Bertz CT molecular complexity index is 442. The molecule has 22 heavy (non-hydrogen) atoms. The van der Waals surface area contributed by atoms with Crippen LogP contribution < -0.4 is 10.6 Å². The van der Waals surface area contributed by atoms with Gasteiger partial charge >= 0.3 is 6.03 Å². The Labute approximate surface area is 132 Å². The van der Waals surface area contributed by atoms with Crippen molar-refractivity contribution in [1.82, 2.24) is 15.5 Å². The van der Waals surface area contributed by atoms with E-state index in [9.17, 15) is 14.4 Å². The topological polar surface area (TPSA) is 78.5 Å². The highest BCUT2D eigenvalue weighted by molar-refractivity contribution is 6.09. The average molecular weight is 309 g/mol. The van der Waals surface area contributed by atoms with E-state index in [-0.39, 0.29) is 24.4 Å². The van der Waals surface area contributed by atoms with Gasteiger partial charge in [-0.1, -0.05) is 39.0 Å². The van der Waals surface area contributed by atoms with Crippen molar-refractivity contribution in [2.75, 3.05) is 6.54 Å². The van der Waals surface area contributed by atoms with Gasteiger partial charge in [-0.3, -0.25) is 14.5 Å². The summed E-state index contributed by atoms with van der Waals surface area (Å²) < 4.78 is 0. The van der Waals surface area contributed by atoms with Gasteiger partial charge in [0.2, 0.25) is 5.91 Å². The van der Waals surface area contributed by atoms with E-state index < -0.39 is 11.6 Å². The largest absolute Gasteiger partial charge is 0.352 e. The summed E-state index contributed by atoms with van der Waals surface area (Å²) in [6, 6.07) is -0.365. The molecular formula is C16H27N3O3. The van der Waals surface area contributed by atoms with Crippen molar-refractivity contribution in [2.45, 2.75) is 76.8 Å². The zero-order valence-corrected chi connectivity index (χ0v) is 13.6. The number of urea groups is 1. The molecule has 0 unspecified atom stereocenters. The standard InChI is InChI=1S/C16H27N3O3/c1-3-8-12(2)17-13(20)11-19-14(21)16(18-15(19)22)9-6-4-5-7-10-16/h12H,3-11H2,1-2H3,(H,17,20)(H,18,22)/t12-/m0/s1. The first-order valence-corrected chi connectivity index (χ1v) is 8.42. The molecule has 1 atom stereocenters. The van der Waals surface area contributed by atoms with E-state index in [2.05, 4.69) is 17.6 Å². The van der Waals surface area contributed by atoms with Crippen LogP contribution in [0.4, 0.5) is 4.79 Å². The lowest BCUT2D eigenvalue weighted by atomic mass is 9.90. The zero-order chi connectivity index (χ0) is 16.2. The van der Waals surface area contributed by atoms with Crippen LogP contribution in [0.5, 0.6) is 0 Å². The van der Waals surface area contributed by atoms with Crippen LogP contribution in [0.25, 0.3) is 0 Å². The lowest BCUT2D eigenvalue weighted by Gasteiger charge is -2.24. The predicted molar refractivity (Wildman–Crippen MR) is 83.2 cm³/mol. The number of hydrogen-bond donors (Lipinski definition) is 2. The summed E-state index contributed by atoms with van der Waals surface area (Å²) in [6.45, 7) is 3.80. The average Bonchev–Trinajstić information content (AvgIpc) is 2.63. The minimum atomic E-state index is -0.761. The van der Waals surface area contributed by atoms with Crippen molar-refractivity contribution >= 4 is 17.8 Å². The van der Waals surface area contributed by atoms with Crippen LogP contribution in [0.1, 0.15) is 65.2 Å². The Balaban J connectivity index is 1.98. The molecule has 6 heteroatoms. The summed E-state index contributed by atoms with van der Waals surface area (Å²) in [5.41, 5.74) is -0.761. The molecule has 1 spiro atoms. The molecule has 0 bridgehead atoms. The van der Waals surface area contributed by atoms with E-state index >= 15 is 0 Å². The van der Waals surface area contributed by atoms with Gasteiger partial charge in [0.1, 0.15) is 12.1 Å². The first-order chi connectivity index (χ1) is 10.5. The van der Waals surface area contributed by atoms with Gasteiger partial charge in [0.05, 0.1) is 0 Å². The smallest absolute Gasteiger partial charge is 0.325 e. The highest BCUT2D eigenvalue weighted by atomic mass is 16.2. The zero-order valence-electron chi connectivity index (χ0n) is 13.6. The quantitative estimate of drug-likeness (QED) is 0.762. The fraction of sp³-hybridized carbons (Fsp3) is 0.812. The Kier molecular flexibility index (Phi) is 5.42. The maximum absolute atomic E-state index is 12.7. The van der Waals surface area contributed by atoms with Gasteiger partial charge in [0, 0.05) is 6.04 Å². The van der Waals surface area contributed by atoms with Gasteiger partial charge in [-0.15, -0.1) is 0 Å². The number of carbonyl (C=O) groups is 3. The highest BCUT2D eigenvalue weighted by Crippen LogP contribution is 2.32. The Hall–Kier alpha value is -1.59. The third-order valence-corrected chi connectivity index (χ3v) is 4.63. The van der Waals surface area contributed by atoms with E-state index in [1.54, 1.807) is 0 Å². The normalized spacial score (nSPS) is 22.4. The van der Waals surface area contributed by atoms with E-state index in [4.69, 9.17) is 0 Å². The fourth-order valence-corrected chi connectivity index (χ4v) is 3.46. The molecule has 1 aliphatic heterocycles. The second-order valence-electron chi connectivity index (χ2n) is 6.58. The molecule has 1 saturated heterocycles. The van der Waals surface area contributed by atoms with Gasteiger partial charge in [-0.05, 0) is 26.2 Å². The van der Waals surface area contributed by atoms with Crippen molar-refractivity contribution in [2.24, 2.45) is 0 Å². The monoisotopic (exact) mass is 309 g/mol. The third-order valence-electron chi connectivity index (χ3n) is 4.63. The second-order valence-corrected chi connectivity index (χ2v) is 6.58. The lowest BCUT2D eigenvalue weighted by molar-refractivity contribution is -0.135. The Morgan fingerprint density at radius 2 is 1.91 bits per heavy atom. The minimum Gasteiger partial charge on any atom is -0.352 e. The number of rotatable bonds is 5. The summed E-state index contributed by atoms with van der Waals surface area (Å²) in [5.74, 6) is -0.493. The molecule has 2 fully saturated rings. The molecule has 0 aromatic rings. The molecule has 2 rings (SSSR count). The highest BCUT2D eigenvalue weighted by Gasteiger charge is 2.51. The summed E-state index contributed by atoms with van der Waals surface area (Å²) in [4.78, 5) is 37.9. The Morgan fingerprint density at radius 3 is 2.50 bits per heavy atom. The molecular weight excluding hydrogens is 282 g/mol. The number of amides is 4. The molecule has 1 aliphatic carbocycles. The first kappa shape index (κ1) is 16.8. The lowest BCUT2D eigenvalue weighted by Crippen LogP contribution is -2.47. The van der Waals surface area contributed by atoms with Gasteiger partial charge in [0.15, 0.2) is 0 Å². The fourth-order valence-electron chi connectivity index (χ4n) is 3.46. The molecule has 2 aliphatic rings. The summed E-state index contributed by atoms with van der Waals surface area (Å²) in [6.07, 6.45) is 7.31. The van der Waals surface area contributed by atoms with E-state index in [0.717, 1.165) is 43.4 Å². The molecule has 124 valence electrons. The van der Waals surface area contributed by atoms with Crippen LogP contribution in [-0.4, -0.2) is 40.9 Å². The minimum absolute atomic E-state index is 0.0603. The molecule has 6 nitrogen and oxygen atoms in total. The van der Waals surface area contributed by atoms with E-state index in [0.29, 0.717) is 12.8 Å². The first-order valence-electron chi connectivity index (χ1n) is 8.42. The van der Waals surface area contributed by atoms with Crippen LogP contribution in [0, 0.1) is 0 Å². The number of carbonyl (C=O) groups excluding carboxylic acids is 3. The summed E-state index contributed by atoms with van der Waals surface area (Å²) in [7, 11) is 0. The molecule has 0 aromatic carbocycles. The van der Waals surface area contributed by atoms with E-state index in [1.165, 1.54) is 0 Å².